The largest absolute Gasteiger partial charge is 0.335 e. The van der Waals surface area contributed by atoms with E-state index >= 15 is 0 Å². The maximum Gasteiger partial charge on any atom is 0.319 e. The van der Waals surface area contributed by atoms with Gasteiger partial charge in [-0.1, -0.05) is 26.8 Å². The fraction of sp³-hybridized carbons (Fsp3) is 0.316. The molecular weight excluding hydrogens is 314 g/mol. The monoisotopic (exact) mass is 337 g/mol. The number of nitrogens with zero attached hydrogens (tertiary/aromatic N) is 3. The van der Waals surface area contributed by atoms with E-state index in [4.69, 9.17) is 0 Å². The van der Waals surface area contributed by atoms with E-state index in [9.17, 15) is 4.79 Å². The number of pyridine rings is 1. The number of amides is 2. The molecule has 6 heteroatoms. The molecule has 25 heavy (non-hydrogen) atoms. The zero-order chi connectivity index (χ0) is 17.9. The van der Waals surface area contributed by atoms with Gasteiger partial charge in [-0.3, -0.25) is 4.98 Å². The minimum atomic E-state index is -0.219. The van der Waals surface area contributed by atoms with Crippen LogP contribution in [0.4, 0.5) is 10.5 Å². The van der Waals surface area contributed by atoms with Crippen LogP contribution in [0.1, 0.15) is 20.8 Å². The summed E-state index contributed by atoms with van der Waals surface area (Å²) in [5.74, 6) is 0. The second-order valence-corrected chi connectivity index (χ2v) is 7.19. The van der Waals surface area contributed by atoms with Crippen LogP contribution in [0.2, 0.25) is 0 Å². The summed E-state index contributed by atoms with van der Waals surface area (Å²) in [4.78, 5) is 20.8. The molecule has 2 aromatic heterocycles. The Balaban J connectivity index is 1.69. The van der Waals surface area contributed by atoms with Gasteiger partial charge in [-0.25, -0.2) is 9.78 Å². The molecule has 0 spiro atoms. The van der Waals surface area contributed by atoms with E-state index in [0.717, 1.165) is 16.6 Å². The van der Waals surface area contributed by atoms with Crippen LogP contribution in [0.15, 0.2) is 55.2 Å². The Morgan fingerprint density at radius 2 is 2.08 bits per heavy atom. The van der Waals surface area contributed by atoms with Crippen LogP contribution in [-0.2, 0) is 6.54 Å². The lowest BCUT2D eigenvalue weighted by Crippen LogP contribution is -2.47. The molecule has 0 aliphatic carbocycles. The van der Waals surface area contributed by atoms with Gasteiger partial charge < -0.3 is 15.2 Å². The maximum absolute atomic E-state index is 12.5. The quantitative estimate of drug-likeness (QED) is 0.763. The molecule has 130 valence electrons. The van der Waals surface area contributed by atoms with Gasteiger partial charge in [0, 0.05) is 36.2 Å². The second kappa shape index (κ2) is 6.93. The lowest BCUT2D eigenvalue weighted by molar-refractivity contribution is 0.219. The van der Waals surface area contributed by atoms with Crippen LogP contribution in [0, 0.1) is 5.41 Å². The number of anilines is 1. The zero-order valence-corrected chi connectivity index (χ0v) is 14.7. The topological polar surface area (TPSA) is 71.8 Å². The molecule has 3 rings (SSSR count). The fourth-order valence-electron chi connectivity index (χ4n) is 2.62. The van der Waals surface area contributed by atoms with Gasteiger partial charge in [0.1, 0.15) is 0 Å². The Morgan fingerprint density at radius 3 is 2.80 bits per heavy atom. The average Bonchev–Trinajstić information content (AvgIpc) is 3.06. The van der Waals surface area contributed by atoms with Gasteiger partial charge in [0.05, 0.1) is 17.9 Å². The molecule has 0 bridgehead atoms. The van der Waals surface area contributed by atoms with Crippen molar-refractivity contribution in [3.8, 4) is 0 Å². The van der Waals surface area contributed by atoms with E-state index in [0.29, 0.717) is 6.54 Å². The average molecular weight is 337 g/mol. The third-order valence-corrected chi connectivity index (χ3v) is 4.16. The van der Waals surface area contributed by atoms with E-state index in [-0.39, 0.29) is 17.5 Å². The third kappa shape index (κ3) is 4.35. The molecule has 2 amide bonds. The van der Waals surface area contributed by atoms with E-state index in [1.807, 2.05) is 41.1 Å². The first-order valence-corrected chi connectivity index (χ1v) is 8.30. The van der Waals surface area contributed by atoms with Crippen molar-refractivity contribution >= 4 is 22.6 Å². The Labute approximate surface area is 147 Å². The van der Waals surface area contributed by atoms with Gasteiger partial charge in [0.15, 0.2) is 0 Å². The predicted octanol–water partition coefficient (Wildman–Crippen LogP) is 3.67. The van der Waals surface area contributed by atoms with Gasteiger partial charge in [0.25, 0.3) is 0 Å². The standard InChI is InChI=1S/C19H23N5O/c1-19(2,3)17(12-24-10-9-20-13-24)23-18(25)22-15-6-7-16-14(11-15)5-4-8-21-16/h4-11,13,17H,12H2,1-3H3,(H2,22,23,25)/t17-/m0/s1. The number of aromatic nitrogens is 3. The van der Waals surface area contributed by atoms with Gasteiger partial charge in [-0.15, -0.1) is 0 Å². The van der Waals surface area contributed by atoms with Crippen LogP contribution < -0.4 is 10.6 Å². The summed E-state index contributed by atoms with van der Waals surface area (Å²) < 4.78 is 1.97. The molecule has 0 unspecified atom stereocenters. The van der Waals surface area contributed by atoms with Gasteiger partial charge in [0.2, 0.25) is 0 Å². The smallest absolute Gasteiger partial charge is 0.319 e. The summed E-state index contributed by atoms with van der Waals surface area (Å²) in [5, 5.41) is 6.98. The first-order valence-electron chi connectivity index (χ1n) is 8.30. The van der Waals surface area contributed by atoms with Crippen molar-refractivity contribution in [2.24, 2.45) is 5.41 Å². The SMILES string of the molecule is CC(C)(C)[C@H](Cn1ccnc1)NC(=O)Nc1ccc2ncccc2c1. The molecule has 0 saturated heterocycles. The lowest BCUT2D eigenvalue weighted by Gasteiger charge is -2.31. The fourth-order valence-corrected chi connectivity index (χ4v) is 2.62. The maximum atomic E-state index is 12.5. The molecule has 2 heterocycles. The number of nitrogens with one attached hydrogen (secondary N) is 2. The number of hydrogen-bond acceptors (Lipinski definition) is 3. The number of urea groups is 1. The van der Waals surface area contributed by atoms with Crippen molar-refractivity contribution in [1.82, 2.24) is 19.9 Å². The highest BCUT2D eigenvalue weighted by molar-refractivity contribution is 5.92. The molecule has 0 aliphatic rings. The summed E-state index contributed by atoms with van der Waals surface area (Å²) in [5.41, 5.74) is 1.56. The number of rotatable bonds is 4. The minimum absolute atomic E-state index is 0.0381. The Kier molecular flexibility index (Phi) is 4.70. The number of carbonyl (C=O) groups excluding carboxylic acids is 1. The van der Waals surface area contributed by atoms with Crippen molar-refractivity contribution in [3.05, 3.63) is 55.2 Å². The summed E-state index contributed by atoms with van der Waals surface area (Å²) in [6.07, 6.45) is 7.15. The summed E-state index contributed by atoms with van der Waals surface area (Å²) in [7, 11) is 0. The molecule has 1 aromatic carbocycles. The molecule has 0 fully saturated rings. The van der Waals surface area contributed by atoms with Crippen molar-refractivity contribution in [2.45, 2.75) is 33.4 Å². The van der Waals surface area contributed by atoms with Crippen molar-refractivity contribution in [2.75, 3.05) is 5.32 Å². The van der Waals surface area contributed by atoms with Crippen LogP contribution in [0.25, 0.3) is 10.9 Å². The van der Waals surface area contributed by atoms with Crippen molar-refractivity contribution in [1.29, 1.82) is 0 Å². The Bertz CT molecular complexity index is 852. The van der Waals surface area contributed by atoms with Gasteiger partial charge in [-0.05, 0) is 29.7 Å². The van der Waals surface area contributed by atoms with E-state index in [1.165, 1.54) is 0 Å². The number of carbonyl (C=O) groups is 1. The highest BCUT2D eigenvalue weighted by atomic mass is 16.2. The molecular formula is C19H23N5O. The molecule has 1 atom stereocenters. The minimum Gasteiger partial charge on any atom is -0.335 e. The van der Waals surface area contributed by atoms with Gasteiger partial charge in [-0.2, -0.15) is 0 Å². The number of imidazole rings is 1. The highest BCUT2D eigenvalue weighted by Crippen LogP contribution is 2.21. The van der Waals surface area contributed by atoms with Gasteiger partial charge >= 0.3 is 6.03 Å². The predicted molar refractivity (Wildman–Crippen MR) is 99.4 cm³/mol. The zero-order valence-electron chi connectivity index (χ0n) is 14.7. The second-order valence-electron chi connectivity index (χ2n) is 7.19. The van der Waals surface area contributed by atoms with Crippen molar-refractivity contribution in [3.63, 3.8) is 0 Å². The van der Waals surface area contributed by atoms with Crippen LogP contribution >= 0.6 is 0 Å². The molecule has 3 aromatic rings. The van der Waals surface area contributed by atoms with Crippen molar-refractivity contribution < 1.29 is 4.79 Å². The first-order chi connectivity index (χ1) is 11.9. The summed E-state index contributed by atoms with van der Waals surface area (Å²) in [6, 6.07) is 9.28. The number of fused-ring (bicyclic) bond motifs is 1. The Morgan fingerprint density at radius 1 is 1.24 bits per heavy atom. The number of benzene rings is 1. The molecule has 0 radical (unpaired) electrons. The Hall–Kier alpha value is -2.89. The lowest BCUT2D eigenvalue weighted by atomic mass is 9.86. The highest BCUT2D eigenvalue weighted by Gasteiger charge is 2.26. The molecule has 0 saturated carbocycles. The molecule has 0 aliphatic heterocycles. The third-order valence-electron chi connectivity index (χ3n) is 4.16. The first kappa shape index (κ1) is 17.0. The normalized spacial score (nSPS) is 12.8. The number of hydrogen-bond donors (Lipinski definition) is 2. The van der Waals surface area contributed by atoms with E-state index in [2.05, 4.69) is 41.4 Å². The van der Waals surface area contributed by atoms with Crippen LogP contribution in [0.3, 0.4) is 0 Å². The van der Waals surface area contributed by atoms with E-state index in [1.54, 1.807) is 18.7 Å². The summed E-state index contributed by atoms with van der Waals surface area (Å²) in [6.45, 7) is 6.99. The van der Waals surface area contributed by atoms with Crippen LogP contribution in [0.5, 0.6) is 0 Å². The molecule has 2 N–H and O–H groups in total. The molecule has 6 nitrogen and oxygen atoms in total. The van der Waals surface area contributed by atoms with E-state index < -0.39 is 0 Å². The summed E-state index contributed by atoms with van der Waals surface area (Å²) >= 11 is 0. The van der Waals surface area contributed by atoms with Crippen LogP contribution in [-0.4, -0.2) is 26.6 Å².